The summed E-state index contributed by atoms with van der Waals surface area (Å²) >= 11 is 7.33. The van der Waals surface area contributed by atoms with Crippen LogP contribution in [0.3, 0.4) is 0 Å². The van der Waals surface area contributed by atoms with E-state index >= 15 is 0 Å². The summed E-state index contributed by atoms with van der Waals surface area (Å²) in [5.41, 5.74) is 1.48. The fourth-order valence-corrected chi connectivity index (χ4v) is 5.02. The standard InChI is InChI=1S/C15H16BrNS2/c16-15-6-5-11(19-15)7-9-17-13-8-10-18-14-4-2-1-3-12(13)14/h1-6,13,17H,7-10H2. The van der Waals surface area contributed by atoms with Crippen LogP contribution in [-0.4, -0.2) is 12.3 Å². The van der Waals surface area contributed by atoms with Gasteiger partial charge in [-0.15, -0.1) is 23.1 Å². The topological polar surface area (TPSA) is 12.0 Å². The van der Waals surface area contributed by atoms with Crippen LogP contribution in [0.4, 0.5) is 0 Å². The maximum absolute atomic E-state index is 3.71. The molecule has 2 heterocycles. The van der Waals surface area contributed by atoms with Gasteiger partial charge in [0.25, 0.3) is 0 Å². The predicted molar refractivity (Wildman–Crippen MR) is 88.2 cm³/mol. The molecule has 0 saturated carbocycles. The molecule has 0 bridgehead atoms. The average Bonchev–Trinajstić information content (AvgIpc) is 2.85. The molecule has 19 heavy (non-hydrogen) atoms. The first kappa shape index (κ1) is 13.7. The summed E-state index contributed by atoms with van der Waals surface area (Å²) in [6.07, 6.45) is 2.35. The molecule has 1 atom stereocenters. The van der Waals surface area contributed by atoms with E-state index in [1.165, 1.54) is 31.3 Å². The minimum atomic E-state index is 0.529. The third-order valence-corrected chi connectivity index (χ3v) is 6.16. The fraction of sp³-hybridized carbons (Fsp3) is 0.333. The Labute approximate surface area is 130 Å². The van der Waals surface area contributed by atoms with Gasteiger partial charge in [0.1, 0.15) is 0 Å². The summed E-state index contributed by atoms with van der Waals surface area (Å²) in [6.45, 7) is 1.05. The molecule has 0 radical (unpaired) electrons. The second kappa shape index (κ2) is 6.44. The Morgan fingerprint density at radius 3 is 2.95 bits per heavy atom. The summed E-state index contributed by atoms with van der Waals surface area (Å²) < 4.78 is 1.22. The van der Waals surface area contributed by atoms with Crippen molar-refractivity contribution in [1.82, 2.24) is 5.32 Å². The number of thioether (sulfide) groups is 1. The van der Waals surface area contributed by atoms with Crippen molar-refractivity contribution < 1.29 is 0 Å². The van der Waals surface area contributed by atoms with Crippen molar-refractivity contribution in [3.05, 3.63) is 50.6 Å². The van der Waals surface area contributed by atoms with Crippen molar-refractivity contribution in [3.8, 4) is 0 Å². The highest BCUT2D eigenvalue weighted by molar-refractivity contribution is 9.11. The Bertz CT molecular complexity index is 553. The summed E-state index contributed by atoms with van der Waals surface area (Å²) in [4.78, 5) is 2.89. The molecule has 1 aromatic carbocycles. The zero-order chi connectivity index (χ0) is 13.1. The zero-order valence-corrected chi connectivity index (χ0v) is 13.8. The number of hydrogen-bond acceptors (Lipinski definition) is 3. The predicted octanol–water partition coefficient (Wildman–Crippen LogP) is 4.88. The van der Waals surface area contributed by atoms with Crippen LogP contribution in [0.2, 0.25) is 0 Å². The highest BCUT2D eigenvalue weighted by atomic mass is 79.9. The van der Waals surface area contributed by atoms with Gasteiger partial charge in [0.05, 0.1) is 3.79 Å². The molecule has 0 fully saturated rings. The van der Waals surface area contributed by atoms with Gasteiger partial charge in [-0.1, -0.05) is 18.2 Å². The third kappa shape index (κ3) is 3.43. The largest absolute Gasteiger partial charge is 0.310 e. The van der Waals surface area contributed by atoms with Gasteiger partial charge in [-0.25, -0.2) is 0 Å². The zero-order valence-electron chi connectivity index (χ0n) is 10.6. The number of rotatable bonds is 4. The Morgan fingerprint density at radius 2 is 2.11 bits per heavy atom. The van der Waals surface area contributed by atoms with Gasteiger partial charge in [0, 0.05) is 22.4 Å². The first-order chi connectivity index (χ1) is 9.33. The van der Waals surface area contributed by atoms with Crippen molar-refractivity contribution in [2.75, 3.05) is 12.3 Å². The molecular formula is C15H16BrNS2. The highest BCUT2D eigenvalue weighted by Crippen LogP contribution is 2.35. The van der Waals surface area contributed by atoms with Gasteiger partial charge in [0.15, 0.2) is 0 Å². The Kier molecular flexibility index (Phi) is 4.64. The lowest BCUT2D eigenvalue weighted by molar-refractivity contribution is 0.515. The number of thiophene rings is 1. The van der Waals surface area contributed by atoms with Crippen LogP contribution < -0.4 is 5.32 Å². The molecule has 1 N–H and O–H groups in total. The average molecular weight is 354 g/mol. The smallest absolute Gasteiger partial charge is 0.0701 e. The minimum Gasteiger partial charge on any atom is -0.310 e. The molecule has 100 valence electrons. The molecular weight excluding hydrogens is 338 g/mol. The van der Waals surface area contributed by atoms with Crippen LogP contribution in [0.25, 0.3) is 0 Å². The molecule has 0 spiro atoms. The van der Waals surface area contributed by atoms with Crippen molar-refractivity contribution in [2.24, 2.45) is 0 Å². The van der Waals surface area contributed by atoms with Crippen LogP contribution in [0.15, 0.2) is 45.1 Å². The fourth-order valence-electron chi connectivity index (χ4n) is 2.41. The molecule has 4 heteroatoms. The van der Waals surface area contributed by atoms with E-state index in [9.17, 15) is 0 Å². The number of hydrogen-bond donors (Lipinski definition) is 1. The second-order valence-corrected chi connectivity index (χ2v) is 8.32. The van der Waals surface area contributed by atoms with Gasteiger partial charge in [-0.3, -0.25) is 0 Å². The molecule has 1 aliphatic rings. The van der Waals surface area contributed by atoms with Gasteiger partial charge < -0.3 is 5.32 Å². The molecule has 1 aliphatic heterocycles. The molecule has 2 aromatic rings. The summed E-state index contributed by atoms with van der Waals surface area (Å²) in [5, 5.41) is 3.71. The number of benzene rings is 1. The number of fused-ring (bicyclic) bond motifs is 1. The molecule has 0 saturated heterocycles. The Hall–Kier alpha value is -0.290. The van der Waals surface area contributed by atoms with E-state index < -0.39 is 0 Å². The van der Waals surface area contributed by atoms with Crippen LogP contribution in [0, 0.1) is 0 Å². The highest BCUT2D eigenvalue weighted by Gasteiger charge is 2.19. The first-order valence-electron chi connectivity index (χ1n) is 6.52. The van der Waals surface area contributed by atoms with E-state index in [1.54, 1.807) is 0 Å². The lowest BCUT2D eigenvalue weighted by atomic mass is 10.0. The van der Waals surface area contributed by atoms with Crippen molar-refractivity contribution in [1.29, 1.82) is 0 Å². The lowest BCUT2D eigenvalue weighted by Crippen LogP contribution is -2.26. The maximum atomic E-state index is 3.71. The molecule has 3 rings (SSSR count). The van der Waals surface area contributed by atoms with E-state index in [4.69, 9.17) is 0 Å². The van der Waals surface area contributed by atoms with Crippen LogP contribution in [-0.2, 0) is 6.42 Å². The molecule has 1 nitrogen and oxygen atoms in total. The van der Waals surface area contributed by atoms with Crippen molar-refractivity contribution >= 4 is 39.0 Å². The second-order valence-electron chi connectivity index (χ2n) is 4.64. The van der Waals surface area contributed by atoms with E-state index in [0.717, 1.165) is 13.0 Å². The molecule has 0 amide bonds. The monoisotopic (exact) mass is 353 g/mol. The first-order valence-corrected chi connectivity index (χ1v) is 9.12. The van der Waals surface area contributed by atoms with Crippen LogP contribution >= 0.6 is 39.0 Å². The van der Waals surface area contributed by atoms with Crippen LogP contribution in [0.1, 0.15) is 22.9 Å². The van der Waals surface area contributed by atoms with Crippen molar-refractivity contribution in [2.45, 2.75) is 23.8 Å². The Morgan fingerprint density at radius 1 is 1.21 bits per heavy atom. The SMILES string of the molecule is Brc1ccc(CCNC2CCSc3ccccc32)s1. The molecule has 0 aliphatic carbocycles. The van der Waals surface area contributed by atoms with E-state index in [0.29, 0.717) is 6.04 Å². The number of halogens is 1. The lowest BCUT2D eigenvalue weighted by Gasteiger charge is -2.25. The van der Waals surface area contributed by atoms with Crippen LogP contribution in [0.5, 0.6) is 0 Å². The summed E-state index contributed by atoms with van der Waals surface area (Å²) in [6, 6.07) is 13.7. The maximum Gasteiger partial charge on any atom is 0.0701 e. The van der Waals surface area contributed by atoms with Gasteiger partial charge in [0.2, 0.25) is 0 Å². The van der Waals surface area contributed by atoms with Gasteiger partial charge in [-0.05, 0) is 58.3 Å². The third-order valence-electron chi connectivity index (χ3n) is 3.35. The summed E-state index contributed by atoms with van der Waals surface area (Å²) in [5.74, 6) is 1.22. The van der Waals surface area contributed by atoms with Gasteiger partial charge in [-0.2, -0.15) is 0 Å². The summed E-state index contributed by atoms with van der Waals surface area (Å²) in [7, 11) is 0. The van der Waals surface area contributed by atoms with Gasteiger partial charge >= 0.3 is 0 Å². The van der Waals surface area contributed by atoms with E-state index in [1.807, 2.05) is 23.1 Å². The Balaban J connectivity index is 1.59. The molecule has 1 unspecified atom stereocenters. The van der Waals surface area contributed by atoms with Crippen molar-refractivity contribution in [3.63, 3.8) is 0 Å². The van der Waals surface area contributed by atoms with E-state index in [2.05, 4.69) is 57.6 Å². The number of nitrogens with one attached hydrogen (secondary N) is 1. The normalized spacial score (nSPS) is 18.3. The minimum absolute atomic E-state index is 0.529. The quantitative estimate of drug-likeness (QED) is 0.840. The molecule has 1 aromatic heterocycles. The van der Waals surface area contributed by atoms with E-state index in [-0.39, 0.29) is 0 Å².